The topological polar surface area (TPSA) is 110 Å². The van der Waals surface area contributed by atoms with E-state index in [9.17, 15) is 14.4 Å². The van der Waals surface area contributed by atoms with Crippen LogP contribution in [0, 0.1) is 20.8 Å². The smallest absolute Gasteiger partial charge is 0.343 e. The zero-order valence-corrected chi connectivity index (χ0v) is 27.8. The molecule has 2 aromatic heterocycles. The lowest BCUT2D eigenvalue weighted by Gasteiger charge is -2.25. The number of thiazole rings is 1. The molecule has 0 radical (unpaired) electrons. The van der Waals surface area contributed by atoms with Gasteiger partial charge in [-0.25, -0.2) is 14.6 Å². The maximum Gasteiger partial charge on any atom is 0.343 e. The van der Waals surface area contributed by atoms with Gasteiger partial charge in [-0.2, -0.15) is 0 Å². The molecule has 4 aromatic rings. The van der Waals surface area contributed by atoms with Crippen molar-refractivity contribution in [2.45, 2.75) is 47.6 Å². The number of nitrogens with zero attached hydrogens (tertiary/aromatic N) is 3. The Morgan fingerprint density at radius 2 is 1.76 bits per heavy atom. The van der Waals surface area contributed by atoms with Crippen molar-refractivity contribution in [3.63, 3.8) is 0 Å². The predicted molar refractivity (Wildman–Crippen MR) is 176 cm³/mol. The van der Waals surface area contributed by atoms with Crippen LogP contribution < -0.4 is 24.4 Å². The average molecular weight is 644 g/mol. The number of methoxy groups -OCH3 is 1. The highest BCUT2D eigenvalue weighted by molar-refractivity contribution is 7.07. The van der Waals surface area contributed by atoms with Gasteiger partial charge < -0.3 is 23.5 Å². The molecular formula is C35H37N3O7S. The van der Waals surface area contributed by atoms with Gasteiger partial charge in [0.1, 0.15) is 0 Å². The minimum Gasteiger partial charge on any atom is -0.490 e. The molecule has 0 saturated carbocycles. The summed E-state index contributed by atoms with van der Waals surface area (Å²) in [5.74, 6) is -0.423. The first kappa shape index (κ1) is 32.5. The van der Waals surface area contributed by atoms with Crippen LogP contribution in [0.4, 0.5) is 0 Å². The van der Waals surface area contributed by atoms with Gasteiger partial charge in [-0.05, 0) is 94.6 Å². The molecule has 0 fully saturated rings. The van der Waals surface area contributed by atoms with Gasteiger partial charge in [-0.15, -0.1) is 0 Å². The second-order valence-electron chi connectivity index (χ2n) is 10.8. The van der Waals surface area contributed by atoms with Crippen molar-refractivity contribution in [2.24, 2.45) is 4.99 Å². The molecule has 46 heavy (non-hydrogen) atoms. The van der Waals surface area contributed by atoms with Crippen molar-refractivity contribution in [1.82, 2.24) is 9.13 Å². The standard InChI is InChI=1S/C35H37N3O7S/c1-8-43-28-17-24(13-14-27(28)45-19-30(39)42-7)32-31(34(41)44-9-2)22(5)36-35-38(32)33(40)29(46-35)18-25-16-21(4)37(23(25)6)26-12-10-11-20(3)15-26/h10-18,32H,8-9,19H2,1-7H3/b29-18-/t32-/m1/s1. The second-order valence-corrected chi connectivity index (χ2v) is 11.8. The Hall–Kier alpha value is -4.90. The summed E-state index contributed by atoms with van der Waals surface area (Å²) >= 11 is 1.26. The van der Waals surface area contributed by atoms with Crippen LogP contribution in [-0.4, -0.2) is 48.0 Å². The zero-order chi connectivity index (χ0) is 33.1. The molecule has 10 nitrogen and oxygen atoms in total. The van der Waals surface area contributed by atoms with Crippen LogP contribution in [0.3, 0.4) is 0 Å². The molecule has 11 heteroatoms. The number of ether oxygens (including phenoxy) is 4. The van der Waals surface area contributed by atoms with E-state index >= 15 is 0 Å². The van der Waals surface area contributed by atoms with Crippen LogP contribution in [0.5, 0.6) is 11.5 Å². The van der Waals surface area contributed by atoms with E-state index in [-0.39, 0.29) is 24.3 Å². The van der Waals surface area contributed by atoms with Crippen molar-refractivity contribution in [3.8, 4) is 17.2 Å². The molecule has 1 aliphatic heterocycles. The van der Waals surface area contributed by atoms with Gasteiger partial charge in [0, 0.05) is 17.1 Å². The first-order valence-corrected chi connectivity index (χ1v) is 15.8. The molecule has 2 aromatic carbocycles. The fraction of sp³-hybridized carbons (Fsp3) is 0.314. The molecule has 0 N–H and O–H groups in total. The maximum absolute atomic E-state index is 14.2. The number of fused-ring (bicyclic) bond motifs is 1. The molecule has 3 heterocycles. The molecule has 240 valence electrons. The Balaban J connectivity index is 1.67. The second kappa shape index (κ2) is 13.6. The number of hydrogen-bond donors (Lipinski definition) is 0. The van der Waals surface area contributed by atoms with E-state index in [1.807, 2.05) is 32.9 Å². The maximum atomic E-state index is 14.2. The summed E-state index contributed by atoms with van der Waals surface area (Å²) in [5.41, 5.74) is 6.17. The van der Waals surface area contributed by atoms with Crippen LogP contribution in [0.15, 0.2) is 69.6 Å². The Morgan fingerprint density at radius 3 is 2.46 bits per heavy atom. The van der Waals surface area contributed by atoms with Gasteiger partial charge in [0.25, 0.3) is 5.56 Å². The largest absolute Gasteiger partial charge is 0.490 e. The van der Waals surface area contributed by atoms with Crippen molar-refractivity contribution < 1.29 is 28.5 Å². The number of aromatic nitrogens is 2. The molecular weight excluding hydrogens is 606 g/mol. The molecule has 0 spiro atoms. The molecule has 0 saturated heterocycles. The summed E-state index contributed by atoms with van der Waals surface area (Å²) in [6.07, 6.45) is 1.88. The SMILES string of the molecule is CCOC(=O)C1=C(C)N=c2s/c(=C\c3cc(C)n(-c4cccc(C)c4)c3C)c(=O)n2[C@@H]1c1ccc(OCC(=O)OC)c(OCC)c1. The minimum absolute atomic E-state index is 0.161. The normalized spacial score (nSPS) is 14.5. The van der Waals surface area contributed by atoms with E-state index < -0.39 is 18.0 Å². The highest BCUT2D eigenvalue weighted by atomic mass is 32.1. The van der Waals surface area contributed by atoms with E-state index in [0.717, 1.165) is 28.2 Å². The summed E-state index contributed by atoms with van der Waals surface area (Å²) < 4.78 is 25.8. The van der Waals surface area contributed by atoms with E-state index in [1.54, 1.807) is 32.0 Å². The number of allylic oxidation sites excluding steroid dienone is 1. The van der Waals surface area contributed by atoms with Crippen LogP contribution in [0.1, 0.15) is 54.9 Å². The third-order valence-corrected chi connectivity index (χ3v) is 8.67. The molecule has 0 amide bonds. The Bertz CT molecular complexity index is 2030. The number of benzene rings is 2. The monoisotopic (exact) mass is 643 g/mol. The average Bonchev–Trinajstić information content (AvgIpc) is 3.48. The van der Waals surface area contributed by atoms with Crippen molar-refractivity contribution in [3.05, 3.63) is 108 Å². The first-order chi connectivity index (χ1) is 22.1. The van der Waals surface area contributed by atoms with Gasteiger partial charge in [-0.1, -0.05) is 29.5 Å². The van der Waals surface area contributed by atoms with E-state index in [1.165, 1.54) is 23.0 Å². The van der Waals surface area contributed by atoms with Gasteiger partial charge in [0.15, 0.2) is 22.9 Å². The summed E-state index contributed by atoms with van der Waals surface area (Å²) in [6, 6.07) is 14.6. The summed E-state index contributed by atoms with van der Waals surface area (Å²) in [4.78, 5) is 44.5. The minimum atomic E-state index is -0.842. The highest BCUT2D eigenvalue weighted by Gasteiger charge is 2.34. The Morgan fingerprint density at radius 1 is 0.978 bits per heavy atom. The van der Waals surface area contributed by atoms with Gasteiger partial charge in [0.2, 0.25) is 0 Å². The van der Waals surface area contributed by atoms with Crippen molar-refractivity contribution in [1.29, 1.82) is 0 Å². The number of aryl methyl sites for hydroxylation is 2. The van der Waals surface area contributed by atoms with Gasteiger partial charge >= 0.3 is 11.9 Å². The molecule has 1 aliphatic rings. The van der Waals surface area contributed by atoms with Gasteiger partial charge in [0.05, 0.1) is 42.2 Å². The first-order valence-electron chi connectivity index (χ1n) is 15.0. The van der Waals surface area contributed by atoms with Crippen molar-refractivity contribution >= 4 is 29.4 Å². The third-order valence-electron chi connectivity index (χ3n) is 7.69. The number of carbonyl (C=O) groups is 2. The van der Waals surface area contributed by atoms with Crippen LogP contribution in [0.2, 0.25) is 0 Å². The highest BCUT2D eigenvalue weighted by Crippen LogP contribution is 2.36. The van der Waals surface area contributed by atoms with E-state index in [4.69, 9.17) is 23.9 Å². The summed E-state index contributed by atoms with van der Waals surface area (Å²) in [5, 5.41) is 0. The summed E-state index contributed by atoms with van der Waals surface area (Å²) in [6.45, 7) is 11.6. The van der Waals surface area contributed by atoms with Crippen LogP contribution in [0.25, 0.3) is 11.8 Å². The molecule has 1 atom stereocenters. The third kappa shape index (κ3) is 6.28. The lowest BCUT2D eigenvalue weighted by Crippen LogP contribution is -2.40. The zero-order valence-electron chi connectivity index (χ0n) is 27.0. The molecule has 5 rings (SSSR count). The Kier molecular flexibility index (Phi) is 9.62. The fourth-order valence-electron chi connectivity index (χ4n) is 5.62. The molecule has 0 aliphatic carbocycles. The van der Waals surface area contributed by atoms with Gasteiger partial charge in [-0.3, -0.25) is 9.36 Å². The Labute approximate surface area is 270 Å². The molecule has 0 bridgehead atoms. The summed E-state index contributed by atoms with van der Waals surface area (Å²) in [7, 11) is 1.28. The lowest BCUT2D eigenvalue weighted by atomic mass is 9.95. The fourth-order valence-corrected chi connectivity index (χ4v) is 6.66. The molecule has 0 unspecified atom stereocenters. The predicted octanol–water partition coefficient (Wildman–Crippen LogP) is 4.46. The van der Waals surface area contributed by atoms with Crippen LogP contribution >= 0.6 is 11.3 Å². The lowest BCUT2D eigenvalue weighted by molar-refractivity contribution is -0.143. The van der Waals surface area contributed by atoms with E-state index in [0.29, 0.717) is 38.7 Å². The number of carbonyl (C=O) groups excluding carboxylic acids is 2. The quantitative estimate of drug-likeness (QED) is 0.235. The van der Waals surface area contributed by atoms with Crippen LogP contribution in [-0.2, 0) is 19.1 Å². The van der Waals surface area contributed by atoms with Crippen molar-refractivity contribution in [2.75, 3.05) is 26.9 Å². The number of esters is 2. The van der Waals surface area contributed by atoms with E-state index in [2.05, 4.69) is 35.8 Å². The number of hydrogen-bond acceptors (Lipinski definition) is 9. The number of rotatable bonds is 10.